The van der Waals surface area contributed by atoms with Gasteiger partial charge in [-0.25, -0.2) is 8.42 Å². The largest absolute Gasteiger partial charge is 0.360 e. The fourth-order valence-electron chi connectivity index (χ4n) is 3.40. The molecule has 0 saturated carbocycles. The lowest BCUT2D eigenvalue weighted by atomic mass is 10.2. The Hall–Kier alpha value is -1.26. The fourth-order valence-corrected chi connectivity index (χ4v) is 7.51. The highest BCUT2D eigenvalue weighted by Gasteiger charge is 2.32. The molecule has 28 heavy (non-hydrogen) atoms. The molecule has 0 N–H and O–H groups in total. The van der Waals surface area contributed by atoms with Gasteiger partial charge in [0.25, 0.3) is 10.0 Å². The smallest absolute Gasteiger partial charge is 0.252 e. The standard InChI is InChI=1S/C18H20ClN3O3S3/c19-16-5-6-18(27-16)28(24,25)22-9-7-20(8-10-22)17(23)13-21-11-12-26-15-4-2-1-3-14(15)21/h1-6H,7-13H2. The van der Waals surface area contributed by atoms with E-state index in [0.29, 0.717) is 37.1 Å². The summed E-state index contributed by atoms with van der Waals surface area (Å²) in [6.07, 6.45) is 0. The third-order valence-corrected chi connectivity index (χ3v) is 9.52. The molecule has 10 heteroatoms. The summed E-state index contributed by atoms with van der Waals surface area (Å²) in [6, 6.07) is 11.3. The maximum Gasteiger partial charge on any atom is 0.252 e. The monoisotopic (exact) mass is 457 g/mol. The number of carbonyl (C=O) groups is 1. The lowest BCUT2D eigenvalue weighted by Crippen LogP contribution is -2.52. The van der Waals surface area contributed by atoms with Crippen LogP contribution in [0.2, 0.25) is 4.34 Å². The highest BCUT2D eigenvalue weighted by molar-refractivity contribution is 7.99. The summed E-state index contributed by atoms with van der Waals surface area (Å²) in [6.45, 7) is 2.57. The normalized spacial score (nSPS) is 18.2. The number of carbonyl (C=O) groups excluding carboxylic acids is 1. The van der Waals surface area contributed by atoms with Crippen molar-refractivity contribution in [1.29, 1.82) is 0 Å². The molecule has 0 radical (unpaired) electrons. The van der Waals surface area contributed by atoms with Crippen molar-refractivity contribution in [3.05, 3.63) is 40.7 Å². The first-order valence-electron chi connectivity index (χ1n) is 8.95. The molecule has 150 valence electrons. The first-order chi connectivity index (χ1) is 13.4. The number of sulfonamides is 1. The zero-order chi connectivity index (χ0) is 19.7. The van der Waals surface area contributed by atoms with Gasteiger partial charge in [-0.1, -0.05) is 23.7 Å². The van der Waals surface area contributed by atoms with Gasteiger partial charge in [0.05, 0.1) is 16.6 Å². The van der Waals surface area contributed by atoms with E-state index in [1.165, 1.54) is 15.3 Å². The van der Waals surface area contributed by atoms with E-state index < -0.39 is 10.0 Å². The van der Waals surface area contributed by atoms with Gasteiger partial charge in [0, 0.05) is 43.4 Å². The summed E-state index contributed by atoms with van der Waals surface area (Å²) in [5.41, 5.74) is 1.10. The van der Waals surface area contributed by atoms with Crippen molar-refractivity contribution in [2.75, 3.05) is 49.9 Å². The lowest BCUT2D eigenvalue weighted by Gasteiger charge is -2.36. The third kappa shape index (κ3) is 4.04. The number of para-hydroxylation sites is 1. The Morgan fingerprint density at radius 1 is 1.04 bits per heavy atom. The highest BCUT2D eigenvalue weighted by atomic mass is 35.5. The summed E-state index contributed by atoms with van der Waals surface area (Å²) in [5.74, 6) is 0.998. The van der Waals surface area contributed by atoms with Crippen molar-refractivity contribution >= 4 is 56.3 Å². The summed E-state index contributed by atoms with van der Waals surface area (Å²) in [4.78, 5) is 17.9. The van der Waals surface area contributed by atoms with Gasteiger partial charge in [-0.15, -0.1) is 23.1 Å². The molecule has 0 spiro atoms. The number of nitrogens with zero attached hydrogens (tertiary/aromatic N) is 3. The van der Waals surface area contributed by atoms with E-state index >= 15 is 0 Å². The van der Waals surface area contributed by atoms with E-state index in [4.69, 9.17) is 11.6 Å². The number of thiophene rings is 1. The second-order valence-corrected chi connectivity index (χ2v) is 11.6. The Kier molecular flexibility index (Phi) is 5.89. The van der Waals surface area contributed by atoms with Crippen LogP contribution in [0.1, 0.15) is 0 Å². The van der Waals surface area contributed by atoms with Crippen LogP contribution in [-0.4, -0.2) is 68.6 Å². The summed E-state index contributed by atoms with van der Waals surface area (Å²) in [7, 11) is -3.54. The Morgan fingerprint density at radius 3 is 2.50 bits per heavy atom. The molecule has 6 nitrogen and oxygen atoms in total. The van der Waals surface area contributed by atoms with Crippen molar-refractivity contribution in [1.82, 2.24) is 9.21 Å². The number of amides is 1. The van der Waals surface area contributed by atoms with Crippen molar-refractivity contribution in [3.63, 3.8) is 0 Å². The number of rotatable bonds is 4. The number of hydrogen-bond donors (Lipinski definition) is 0. The molecule has 4 rings (SSSR count). The predicted octanol–water partition coefficient (Wildman–Crippen LogP) is 2.85. The minimum atomic E-state index is -3.54. The summed E-state index contributed by atoms with van der Waals surface area (Å²) in [5, 5.41) is 0. The van der Waals surface area contributed by atoms with Crippen LogP contribution in [0.3, 0.4) is 0 Å². The average Bonchev–Trinajstić information content (AvgIpc) is 3.15. The second kappa shape index (κ2) is 8.23. The van der Waals surface area contributed by atoms with Crippen molar-refractivity contribution in [2.45, 2.75) is 9.10 Å². The maximum atomic E-state index is 12.8. The van der Waals surface area contributed by atoms with E-state index in [-0.39, 0.29) is 10.1 Å². The molecule has 0 atom stereocenters. The number of thioether (sulfide) groups is 1. The topological polar surface area (TPSA) is 60.9 Å². The van der Waals surface area contributed by atoms with Gasteiger partial charge in [-0.3, -0.25) is 4.79 Å². The molecule has 3 heterocycles. The molecule has 2 aliphatic heterocycles. The summed E-state index contributed by atoms with van der Waals surface area (Å²) >= 11 is 8.74. The van der Waals surface area contributed by atoms with Crippen molar-refractivity contribution in [3.8, 4) is 0 Å². The molecule has 1 aromatic carbocycles. The Morgan fingerprint density at radius 2 is 1.79 bits per heavy atom. The van der Waals surface area contributed by atoms with Gasteiger partial charge in [-0.2, -0.15) is 4.31 Å². The fraction of sp³-hybridized carbons (Fsp3) is 0.389. The van der Waals surface area contributed by atoms with Gasteiger partial charge in [0.1, 0.15) is 4.21 Å². The van der Waals surface area contributed by atoms with E-state index in [1.807, 2.05) is 30.0 Å². The molecule has 1 amide bonds. The third-order valence-electron chi connectivity index (χ3n) is 4.88. The van der Waals surface area contributed by atoms with Crippen LogP contribution in [0.15, 0.2) is 45.5 Å². The molecule has 0 unspecified atom stereocenters. The maximum absolute atomic E-state index is 12.8. The zero-order valence-corrected chi connectivity index (χ0v) is 18.3. The van der Waals surface area contributed by atoms with E-state index in [9.17, 15) is 13.2 Å². The van der Waals surface area contributed by atoms with E-state index in [0.717, 1.165) is 29.3 Å². The molecule has 1 aromatic heterocycles. The van der Waals surface area contributed by atoms with Gasteiger partial charge in [0.15, 0.2) is 0 Å². The number of hydrogen-bond acceptors (Lipinski definition) is 6. The number of piperazine rings is 1. The SMILES string of the molecule is O=C(CN1CCSc2ccccc21)N1CCN(S(=O)(=O)c2ccc(Cl)s2)CC1. The Balaban J connectivity index is 1.37. The van der Waals surface area contributed by atoms with Crippen LogP contribution in [0.4, 0.5) is 5.69 Å². The van der Waals surface area contributed by atoms with E-state index in [2.05, 4.69) is 11.0 Å². The van der Waals surface area contributed by atoms with Crippen LogP contribution in [0.25, 0.3) is 0 Å². The van der Waals surface area contributed by atoms with E-state index in [1.54, 1.807) is 11.0 Å². The Bertz CT molecular complexity index is 971. The number of fused-ring (bicyclic) bond motifs is 1. The average molecular weight is 458 g/mol. The predicted molar refractivity (Wildman–Crippen MR) is 114 cm³/mol. The minimum absolute atomic E-state index is 0.0397. The van der Waals surface area contributed by atoms with Crippen molar-refractivity contribution in [2.24, 2.45) is 0 Å². The van der Waals surface area contributed by atoms with Crippen LogP contribution < -0.4 is 4.90 Å². The van der Waals surface area contributed by atoms with Gasteiger partial charge >= 0.3 is 0 Å². The first kappa shape index (κ1) is 20.0. The molecular weight excluding hydrogens is 438 g/mol. The molecule has 0 aliphatic carbocycles. The summed E-state index contributed by atoms with van der Waals surface area (Å²) < 4.78 is 27.5. The van der Waals surface area contributed by atoms with Crippen LogP contribution >= 0.6 is 34.7 Å². The van der Waals surface area contributed by atoms with Gasteiger partial charge < -0.3 is 9.80 Å². The van der Waals surface area contributed by atoms with Gasteiger partial charge in [0.2, 0.25) is 5.91 Å². The molecule has 1 saturated heterocycles. The molecular formula is C18H20ClN3O3S3. The Labute approximate surface area is 178 Å². The second-order valence-electron chi connectivity index (χ2n) is 6.58. The van der Waals surface area contributed by atoms with Crippen molar-refractivity contribution < 1.29 is 13.2 Å². The minimum Gasteiger partial charge on any atom is -0.360 e. The first-order valence-corrected chi connectivity index (χ1v) is 12.6. The molecule has 0 bridgehead atoms. The van der Waals surface area contributed by atoms with Crippen LogP contribution in [0, 0.1) is 0 Å². The lowest BCUT2D eigenvalue weighted by molar-refractivity contribution is -0.130. The molecule has 2 aliphatic rings. The number of anilines is 1. The quantitative estimate of drug-likeness (QED) is 0.706. The number of benzene rings is 1. The molecule has 2 aromatic rings. The van der Waals surface area contributed by atoms with Crippen LogP contribution in [-0.2, 0) is 14.8 Å². The number of halogens is 1. The van der Waals surface area contributed by atoms with Crippen LogP contribution in [0.5, 0.6) is 0 Å². The van der Waals surface area contributed by atoms with Gasteiger partial charge in [-0.05, 0) is 24.3 Å². The highest BCUT2D eigenvalue weighted by Crippen LogP contribution is 2.34. The zero-order valence-electron chi connectivity index (χ0n) is 15.1. The molecule has 1 fully saturated rings.